The Morgan fingerprint density at radius 3 is 2.21 bits per heavy atom. The molecule has 0 N–H and O–H groups in total. The van der Waals surface area contributed by atoms with Gasteiger partial charge in [-0.2, -0.15) is 0 Å². The van der Waals surface area contributed by atoms with E-state index in [9.17, 15) is 4.79 Å². The average Bonchev–Trinajstić information content (AvgIpc) is 2.37. The Labute approximate surface area is 118 Å². The van der Waals surface area contributed by atoms with Crippen LogP contribution in [0, 0.1) is 11.8 Å². The Morgan fingerprint density at radius 2 is 1.68 bits per heavy atom. The molecule has 0 aromatic rings. The van der Waals surface area contributed by atoms with Gasteiger partial charge in [-0.15, -0.1) is 0 Å². The van der Waals surface area contributed by atoms with Crippen LogP contribution in [0.15, 0.2) is 0 Å². The highest BCUT2D eigenvalue weighted by Crippen LogP contribution is 2.29. The standard InChI is InChI=1S/C16H30O3/c1-13(2)19-12-16-8-6-15(7-9-16)11-18-10-4-5-14(3)17/h13,15-16H,4-12H2,1-3H3/t15-,16-. The number of hydrogen-bond acceptors (Lipinski definition) is 3. The quantitative estimate of drug-likeness (QED) is 0.600. The van der Waals surface area contributed by atoms with Crippen LogP contribution in [0.2, 0.25) is 0 Å². The Kier molecular flexibility index (Phi) is 8.31. The van der Waals surface area contributed by atoms with Crippen LogP contribution < -0.4 is 0 Å². The molecular weight excluding hydrogens is 240 g/mol. The van der Waals surface area contributed by atoms with Crippen molar-refractivity contribution in [2.75, 3.05) is 19.8 Å². The monoisotopic (exact) mass is 270 g/mol. The minimum Gasteiger partial charge on any atom is -0.381 e. The van der Waals surface area contributed by atoms with E-state index in [1.54, 1.807) is 6.92 Å². The summed E-state index contributed by atoms with van der Waals surface area (Å²) >= 11 is 0. The van der Waals surface area contributed by atoms with Gasteiger partial charge in [-0.05, 0) is 64.7 Å². The SMILES string of the molecule is CC(=O)CCCOC[C@H]1CC[C@H](COC(C)C)CC1. The lowest BCUT2D eigenvalue weighted by Crippen LogP contribution is -2.23. The first-order valence-corrected chi connectivity index (χ1v) is 7.76. The van der Waals surface area contributed by atoms with Crippen molar-refractivity contribution in [2.24, 2.45) is 11.8 Å². The third-order valence-electron chi connectivity index (χ3n) is 3.80. The summed E-state index contributed by atoms with van der Waals surface area (Å²) in [6.45, 7) is 8.36. The van der Waals surface area contributed by atoms with Gasteiger partial charge in [0.15, 0.2) is 0 Å². The molecule has 0 spiro atoms. The zero-order valence-electron chi connectivity index (χ0n) is 12.8. The molecule has 19 heavy (non-hydrogen) atoms. The van der Waals surface area contributed by atoms with Crippen LogP contribution in [-0.2, 0) is 14.3 Å². The second-order valence-corrected chi connectivity index (χ2v) is 6.15. The largest absolute Gasteiger partial charge is 0.381 e. The fourth-order valence-electron chi connectivity index (χ4n) is 2.57. The van der Waals surface area contributed by atoms with E-state index in [0.29, 0.717) is 18.4 Å². The third kappa shape index (κ3) is 8.38. The Bertz CT molecular complexity index is 242. The minimum atomic E-state index is 0.259. The predicted molar refractivity (Wildman–Crippen MR) is 77.3 cm³/mol. The molecule has 0 saturated heterocycles. The third-order valence-corrected chi connectivity index (χ3v) is 3.80. The molecular formula is C16H30O3. The predicted octanol–water partition coefficient (Wildman–Crippen LogP) is 3.60. The molecule has 0 unspecified atom stereocenters. The first kappa shape index (κ1) is 16.6. The smallest absolute Gasteiger partial charge is 0.129 e. The van der Waals surface area contributed by atoms with Crippen LogP contribution in [0.5, 0.6) is 0 Å². The number of ketones is 1. The molecule has 1 aliphatic carbocycles. The van der Waals surface area contributed by atoms with Crippen molar-refractivity contribution in [3.8, 4) is 0 Å². The van der Waals surface area contributed by atoms with Crippen LogP contribution in [0.3, 0.4) is 0 Å². The molecule has 3 heteroatoms. The van der Waals surface area contributed by atoms with Gasteiger partial charge in [0, 0.05) is 26.2 Å². The number of carbonyl (C=O) groups excluding carboxylic acids is 1. The lowest BCUT2D eigenvalue weighted by atomic mass is 9.83. The molecule has 0 heterocycles. The number of rotatable bonds is 9. The molecule has 0 aliphatic heterocycles. The van der Waals surface area contributed by atoms with Gasteiger partial charge in [0.25, 0.3) is 0 Å². The van der Waals surface area contributed by atoms with E-state index in [0.717, 1.165) is 32.2 Å². The van der Waals surface area contributed by atoms with Gasteiger partial charge in [-0.1, -0.05) is 0 Å². The molecule has 0 amide bonds. The Balaban J connectivity index is 1.99. The van der Waals surface area contributed by atoms with Gasteiger partial charge < -0.3 is 14.3 Å². The van der Waals surface area contributed by atoms with Crippen molar-refractivity contribution < 1.29 is 14.3 Å². The highest BCUT2D eigenvalue weighted by atomic mass is 16.5. The van der Waals surface area contributed by atoms with Crippen LogP contribution in [-0.4, -0.2) is 31.7 Å². The van der Waals surface area contributed by atoms with Gasteiger partial charge in [-0.3, -0.25) is 0 Å². The van der Waals surface area contributed by atoms with Gasteiger partial charge in [0.1, 0.15) is 5.78 Å². The summed E-state index contributed by atoms with van der Waals surface area (Å²) in [4.78, 5) is 10.8. The fraction of sp³-hybridized carbons (Fsp3) is 0.938. The summed E-state index contributed by atoms with van der Waals surface area (Å²) < 4.78 is 11.4. The molecule has 3 nitrogen and oxygen atoms in total. The van der Waals surface area contributed by atoms with Crippen molar-refractivity contribution in [1.82, 2.24) is 0 Å². The highest BCUT2D eigenvalue weighted by Gasteiger charge is 2.21. The minimum absolute atomic E-state index is 0.259. The summed E-state index contributed by atoms with van der Waals surface area (Å²) in [5.41, 5.74) is 0. The number of hydrogen-bond donors (Lipinski definition) is 0. The van der Waals surface area contributed by atoms with E-state index in [4.69, 9.17) is 9.47 Å². The van der Waals surface area contributed by atoms with Crippen molar-refractivity contribution in [3.05, 3.63) is 0 Å². The molecule has 0 atom stereocenters. The van der Waals surface area contributed by atoms with Crippen LogP contribution >= 0.6 is 0 Å². The number of Topliss-reactive ketones (excluding diaryl/α,β-unsaturated/α-hetero) is 1. The Hall–Kier alpha value is -0.410. The molecule has 112 valence electrons. The van der Waals surface area contributed by atoms with Crippen molar-refractivity contribution in [3.63, 3.8) is 0 Å². The number of carbonyl (C=O) groups is 1. The van der Waals surface area contributed by atoms with Crippen molar-refractivity contribution in [2.45, 2.75) is 65.4 Å². The lowest BCUT2D eigenvalue weighted by Gasteiger charge is -2.28. The lowest BCUT2D eigenvalue weighted by molar-refractivity contribution is -0.117. The topological polar surface area (TPSA) is 35.5 Å². The maximum absolute atomic E-state index is 10.8. The molecule has 1 fully saturated rings. The molecule has 0 aromatic carbocycles. The fourth-order valence-corrected chi connectivity index (χ4v) is 2.57. The maximum atomic E-state index is 10.8. The van der Waals surface area contributed by atoms with Gasteiger partial charge in [-0.25, -0.2) is 0 Å². The van der Waals surface area contributed by atoms with Crippen LogP contribution in [0.1, 0.15) is 59.3 Å². The van der Waals surface area contributed by atoms with E-state index in [1.165, 1.54) is 25.7 Å². The first-order chi connectivity index (χ1) is 9.08. The summed E-state index contributed by atoms with van der Waals surface area (Å²) in [7, 11) is 0. The van der Waals surface area contributed by atoms with Crippen molar-refractivity contribution >= 4 is 5.78 Å². The summed E-state index contributed by atoms with van der Waals surface area (Å²) in [6.07, 6.45) is 6.94. The summed E-state index contributed by atoms with van der Waals surface area (Å²) in [5.74, 6) is 1.72. The van der Waals surface area contributed by atoms with Crippen LogP contribution in [0.4, 0.5) is 0 Å². The van der Waals surface area contributed by atoms with Crippen molar-refractivity contribution in [1.29, 1.82) is 0 Å². The second-order valence-electron chi connectivity index (χ2n) is 6.15. The van der Waals surface area contributed by atoms with Crippen LogP contribution in [0.25, 0.3) is 0 Å². The average molecular weight is 270 g/mol. The maximum Gasteiger partial charge on any atom is 0.129 e. The van der Waals surface area contributed by atoms with E-state index < -0.39 is 0 Å². The zero-order valence-corrected chi connectivity index (χ0v) is 12.8. The molecule has 0 aromatic heterocycles. The number of ether oxygens (including phenoxy) is 2. The highest BCUT2D eigenvalue weighted by molar-refractivity contribution is 5.75. The van der Waals surface area contributed by atoms with E-state index >= 15 is 0 Å². The molecule has 1 rings (SSSR count). The van der Waals surface area contributed by atoms with Gasteiger partial charge in [0.05, 0.1) is 6.10 Å². The molecule has 1 saturated carbocycles. The van der Waals surface area contributed by atoms with E-state index in [1.807, 2.05) is 0 Å². The summed E-state index contributed by atoms with van der Waals surface area (Å²) in [6, 6.07) is 0. The second kappa shape index (κ2) is 9.49. The van der Waals surface area contributed by atoms with E-state index in [-0.39, 0.29) is 5.78 Å². The normalized spacial score (nSPS) is 23.8. The Morgan fingerprint density at radius 1 is 1.11 bits per heavy atom. The molecule has 1 aliphatic rings. The van der Waals surface area contributed by atoms with Gasteiger partial charge in [0.2, 0.25) is 0 Å². The van der Waals surface area contributed by atoms with E-state index in [2.05, 4.69) is 13.8 Å². The molecule has 0 radical (unpaired) electrons. The van der Waals surface area contributed by atoms with Gasteiger partial charge >= 0.3 is 0 Å². The molecule has 0 bridgehead atoms. The first-order valence-electron chi connectivity index (χ1n) is 7.76. The zero-order chi connectivity index (χ0) is 14.1. The summed E-state index contributed by atoms with van der Waals surface area (Å²) in [5, 5.41) is 0.